The summed E-state index contributed by atoms with van der Waals surface area (Å²) in [6.45, 7) is 8.33. The van der Waals surface area contributed by atoms with Crippen LogP contribution in [0.15, 0.2) is 30.3 Å². The lowest BCUT2D eigenvalue weighted by molar-refractivity contribution is -0.169. The maximum absolute atomic E-state index is 5.60. The molecule has 0 spiro atoms. The van der Waals surface area contributed by atoms with Crippen molar-refractivity contribution in [3.63, 3.8) is 0 Å². The minimum atomic E-state index is -0.0571. The molecular weight excluding hydrogens is 444 g/mol. The molecular formula is C25H42O9. The van der Waals surface area contributed by atoms with Gasteiger partial charge in [-0.3, -0.25) is 0 Å². The highest BCUT2D eigenvalue weighted by Crippen LogP contribution is 2.13. The molecule has 1 heterocycles. The van der Waals surface area contributed by atoms with Gasteiger partial charge in [0, 0.05) is 6.61 Å². The monoisotopic (exact) mass is 486 g/mol. The first-order chi connectivity index (χ1) is 16.9. The lowest BCUT2D eigenvalue weighted by atomic mass is 10.2. The van der Waals surface area contributed by atoms with Crippen LogP contribution in [0.4, 0.5) is 0 Å². The highest BCUT2D eigenvalue weighted by atomic mass is 16.7. The van der Waals surface area contributed by atoms with Crippen LogP contribution in [0.3, 0.4) is 0 Å². The Labute approximate surface area is 203 Å². The second-order valence-electron chi connectivity index (χ2n) is 7.50. The minimum absolute atomic E-state index is 0.0571. The average Bonchev–Trinajstić information content (AvgIpc) is 2.88. The van der Waals surface area contributed by atoms with E-state index in [1.807, 2.05) is 30.3 Å². The summed E-state index contributed by atoms with van der Waals surface area (Å²) in [6.07, 6.45) is 3.22. The molecule has 1 atom stereocenters. The summed E-state index contributed by atoms with van der Waals surface area (Å²) in [5, 5.41) is 0. The van der Waals surface area contributed by atoms with E-state index in [4.69, 9.17) is 42.6 Å². The fourth-order valence-corrected chi connectivity index (χ4v) is 3.02. The van der Waals surface area contributed by atoms with E-state index in [-0.39, 0.29) is 6.29 Å². The summed E-state index contributed by atoms with van der Waals surface area (Å²) < 4.78 is 49.4. The quantitative estimate of drug-likeness (QED) is 0.217. The lowest BCUT2D eigenvalue weighted by Gasteiger charge is -2.22. The van der Waals surface area contributed by atoms with Crippen molar-refractivity contribution in [2.24, 2.45) is 0 Å². The molecule has 9 nitrogen and oxygen atoms in total. The van der Waals surface area contributed by atoms with Crippen molar-refractivity contribution in [1.29, 1.82) is 0 Å². The Morgan fingerprint density at radius 3 is 1.50 bits per heavy atom. The van der Waals surface area contributed by atoms with Crippen LogP contribution in [0.2, 0.25) is 0 Å². The second kappa shape index (κ2) is 22.2. The van der Waals surface area contributed by atoms with E-state index in [0.717, 1.165) is 25.2 Å². The van der Waals surface area contributed by atoms with Crippen LogP contribution in [0.5, 0.6) is 5.75 Å². The average molecular weight is 487 g/mol. The van der Waals surface area contributed by atoms with Crippen molar-refractivity contribution >= 4 is 0 Å². The van der Waals surface area contributed by atoms with E-state index < -0.39 is 0 Å². The van der Waals surface area contributed by atoms with E-state index in [1.165, 1.54) is 6.42 Å². The fourth-order valence-electron chi connectivity index (χ4n) is 3.02. The first kappa shape index (κ1) is 28.9. The summed E-state index contributed by atoms with van der Waals surface area (Å²) in [6, 6.07) is 9.69. The van der Waals surface area contributed by atoms with Crippen LogP contribution in [-0.4, -0.2) is 105 Å². The molecule has 0 aliphatic carbocycles. The first-order valence-electron chi connectivity index (χ1n) is 12.3. The van der Waals surface area contributed by atoms with Gasteiger partial charge in [-0.1, -0.05) is 18.2 Å². The zero-order valence-corrected chi connectivity index (χ0v) is 20.4. The molecule has 1 aromatic rings. The smallest absolute Gasteiger partial charge is 0.157 e. The third-order valence-corrected chi connectivity index (χ3v) is 4.77. The zero-order chi connectivity index (χ0) is 23.8. The van der Waals surface area contributed by atoms with Crippen LogP contribution in [0.25, 0.3) is 0 Å². The molecule has 1 fully saturated rings. The summed E-state index contributed by atoms with van der Waals surface area (Å²) >= 11 is 0. The van der Waals surface area contributed by atoms with Crippen molar-refractivity contribution in [3.8, 4) is 5.75 Å². The van der Waals surface area contributed by atoms with E-state index in [0.29, 0.717) is 92.5 Å². The topological polar surface area (TPSA) is 83.1 Å². The molecule has 0 N–H and O–H groups in total. The number of rotatable bonds is 23. The molecule has 0 saturated carbocycles. The molecule has 1 unspecified atom stereocenters. The van der Waals surface area contributed by atoms with Crippen molar-refractivity contribution < 1.29 is 42.6 Å². The third kappa shape index (κ3) is 17.2. The summed E-state index contributed by atoms with van der Waals surface area (Å²) in [7, 11) is 0. The van der Waals surface area contributed by atoms with Gasteiger partial charge in [0.25, 0.3) is 0 Å². The lowest BCUT2D eigenvalue weighted by Crippen LogP contribution is -2.24. The van der Waals surface area contributed by atoms with Crippen molar-refractivity contribution in [2.75, 3.05) is 99.1 Å². The number of ether oxygens (including phenoxy) is 9. The Bertz CT molecular complexity index is 540. The molecule has 1 saturated heterocycles. The normalized spacial score (nSPS) is 16.1. The SMILES string of the molecule is c1ccc(OCCOCCOCCOCCOCCOCCOCCOC2CCCCO2)cc1. The van der Waals surface area contributed by atoms with Gasteiger partial charge in [-0.25, -0.2) is 0 Å². The Balaban J connectivity index is 1.17. The molecule has 1 aromatic carbocycles. The first-order valence-corrected chi connectivity index (χ1v) is 12.3. The molecule has 34 heavy (non-hydrogen) atoms. The molecule has 1 aliphatic heterocycles. The van der Waals surface area contributed by atoms with Gasteiger partial charge >= 0.3 is 0 Å². The van der Waals surface area contributed by atoms with Crippen LogP contribution in [0, 0.1) is 0 Å². The summed E-state index contributed by atoms with van der Waals surface area (Å²) in [4.78, 5) is 0. The maximum atomic E-state index is 5.60. The highest BCUT2D eigenvalue weighted by Gasteiger charge is 2.13. The van der Waals surface area contributed by atoms with Crippen LogP contribution in [0.1, 0.15) is 19.3 Å². The Morgan fingerprint density at radius 1 is 0.559 bits per heavy atom. The maximum Gasteiger partial charge on any atom is 0.157 e. The zero-order valence-electron chi connectivity index (χ0n) is 20.4. The number of benzene rings is 1. The predicted molar refractivity (Wildman–Crippen MR) is 126 cm³/mol. The van der Waals surface area contributed by atoms with Crippen LogP contribution in [-0.2, 0) is 37.9 Å². The molecule has 9 heteroatoms. The molecule has 0 bridgehead atoms. The molecule has 1 aliphatic rings. The molecule has 0 amide bonds. The number of hydrogen-bond donors (Lipinski definition) is 0. The Morgan fingerprint density at radius 2 is 1.03 bits per heavy atom. The van der Waals surface area contributed by atoms with Gasteiger partial charge in [0.15, 0.2) is 6.29 Å². The van der Waals surface area contributed by atoms with Crippen LogP contribution >= 0.6 is 0 Å². The summed E-state index contributed by atoms with van der Waals surface area (Å²) in [5.74, 6) is 0.850. The second-order valence-corrected chi connectivity index (χ2v) is 7.50. The van der Waals surface area contributed by atoms with Gasteiger partial charge in [0.05, 0.1) is 85.9 Å². The summed E-state index contributed by atoms with van der Waals surface area (Å²) in [5.41, 5.74) is 0. The highest BCUT2D eigenvalue weighted by molar-refractivity contribution is 5.20. The predicted octanol–water partition coefficient (Wildman–Crippen LogP) is 2.71. The number of hydrogen-bond acceptors (Lipinski definition) is 9. The standard InChI is InChI=1S/C25H42O9/c1-2-6-24(7-3-1)32-22-20-30-18-16-28-14-12-26-10-11-27-13-15-29-17-19-31-21-23-34-25-8-4-5-9-33-25/h1-3,6-7,25H,4-5,8-23H2. The van der Waals surface area contributed by atoms with Crippen LogP contribution < -0.4 is 4.74 Å². The van der Waals surface area contributed by atoms with Gasteiger partial charge in [0.1, 0.15) is 12.4 Å². The van der Waals surface area contributed by atoms with E-state index in [9.17, 15) is 0 Å². The van der Waals surface area contributed by atoms with Crippen molar-refractivity contribution in [3.05, 3.63) is 30.3 Å². The number of para-hydroxylation sites is 1. The van der Waals surface area contributed by atoms with Gasteiger partial charge < -0.3 is 42.6 Å². The Hall–Kier alpha value is -1.30. The molecule has 2 rings (SSSR count). The van der Waals surface area contributed by atoms with E-state index >= 15 is 0 Å². The largest absolute Gasteiger partial charge is 0.491 e. The van der Waals surface area contributed by atoms with Gasteiger partial charge in [-0.05, 0) is 31.4 Å². The Kier molecular flexibility index (Phi) is 18.9. The van der Waals surface area contributed by atoms with Gasteiger partial charge in [-0.2, -0.15) is 0 Å². The fraction of sp³-hybridized carbons (Fsp3) is 0.760. The van der Waals surface area contributed by atoms with Crippen molar-refractivity contribution in [1.82, 2.24) is 0 Å². The van der Waals surface area contributed by atoms with Gasteiger partial charge in [0.2, 0.25) is 0 Å². The molecule has 196 valence electrons. The van der Waals surface area contributed by atoms with E-state index in [2.05, 4.69) is 0 Å². The van der Waals surface area contributed by atoms with Crippen molar-refractivity contribution in [2.45, 2.75) is 25.6 Å². The molecule has 0 radical (unpaired) electrons. The molecule has 0 aromatic heterocycles. The minimum Gasteiger partial charge on any atom is -0.491 e. The van der Waals surface area contributed by atoms with E-state index in [1.54, 1.807) is 0 Å². The third-order valence-electron chi connectivity index (χ3n) is 4.77. The van der Waals surface area contributed by atoms with Gasteiger partial charge in [-0.15, -0.1) is 0 Å².